The Bertz CT molecular complexity index is 1020. The van der Waals surface area contributed by atoms with Crippen LogP contribution in [-0.4, -0.2) is 32.7 Å². The van der Waals surface area contributed by atoms with E-state index in [0.29, 0.717) is 17.9 Å². The van der Waals surface area contributed by atoms with Gasteiger partial charge in [0.15, 0.2) is 13.6 Å². The zero-order valence-electron chi connectivity index (χ0n) is 21.2. The van der Waals surface area contributed by atoms with Crippen LogP contribution in [0.25, 0.3) is 12.2 Å². The Kier molecular flexibility index (Phi) is 11.7. The lowest BCUT2D eigenvalue weighted by molar-refractivity contribution is -0.384. The first-order valence-corrected chi connectivity index (χ1v) is 11.5. The van der Waals surface area contributed by atoms with Gasteiger partial charge in [0.05, 0.1) is 4.92 Å². The number of allylic oxidation sites excluding steroid dienone is 4. The van der Waals surface area contributed by atoms with Crippen molar-refractivity contribution < 1.29 is 23.9 Å². The molecule has 188 valence electrons. The van der Waals surface area contributed by atoms with Crippen LogP contribution in [0, 0.1) is 10.1 Å². The number of hydrogen-bond acceptors (Lipinski definition) is 6. The third-order valence-electron chi connectivity index (χ3n) is 5.17. The predicted octanol–water partition coefficient (Wildman–Crippen LogP) is 6.97. The van der Waals surface area contributed by atoms with Crippen molar-refractivity contribution in [2.75, 3.05) is 27.8 Å². The number of non-ortho nitro benzene ring substituents is 1. The number of hydrogen-bond donors (Lipinski definition) is 0. The number of nitro benzene ring substituents is 1. The second-order valence-corrected chi connectivity index (χ2v) is 8.35. The standard InChI is InChI=1S/C28H35NO6/c1-21(2)7-6-8-22(3)9-16-26-27(34-19-32-4)17-24(18-28(26)35-20-33-5)11-10-23-12-14-25(15-13-23)29(30)31/h7,9-15,17-18H,6,8,16,19-20H2,1-5H3/b11-10+,22-9+. The Morgan fingerprint density at radius 1 is 0.886 bits per heavy atom. The maximum Gasteiger partial charge on any atom is 0.269 e. The molecule has 0 aliphatic heterocycles. The highest BCUT2D eigenvalue weighted by Gasteiger charge is 2.13. The zero-order chi connectivity index (χ0) is 25.6. The molecule has 0 unspecified atom stereocenters. The largest absolute Gasteiger partial charge is 0.467 e. The van der Waals surface area contributed by atoms with Crippen molar-refractivity contribution in [3.63, 3.8) is 0 Å². The molecule has 0 aliphatic rings. The molecule has 2 rings (SSSR count). The molecule has 0 atom stereocenters. The molecular weight excluding hydrogens is 446 g/mol. The van der Waals surface area contributed by atoms with Crippen LogP contribution in [0.4, 0.5) is 5.69 Å². The van der Waals surface area contributed by atoms with Crippen molar-refractivity contribution in [2.24, 2.45) is 0 Å². The average molecular weight is 482 g/mol. The Hall–Kier alpha value is -3.42. The first-order valence-electron chi connectivity index (χ1n) is 11.5. The summed E-state index contributed by atoms with van der Waals surface area (Å²) < 4.78 is 22.1. The molecule has 0 N–H and O–H groups in total. The van der Waals surface area contributed by atoms with Crippen LogP contribution in [0.3, 0.4) is 0 Å². The molecule has 0 aromatic heterocycles. The van der Waals surface area contributed by atoms with E-state index >= 15 is 0 Å². The Balaban J connectivity index is 2.35. The van der Waals surface area contributed by atoms with Gasteiger partial charge in [-0.2, -0.15) is 0 Å². The van der Waals surface area contributed by atoms with Gasteiger partial charge in [0.25, 0.3) is 5.69 Å². The molecule has 0 amide bonds. The summed E-state index contributed by atoms with van der Waals surface area (Å²) in [4.78, 5) is 10.5. The molecule has 0 saturated carbocycles. The quantitative estimate of drug-likeness (QED) is 0.0953. The first-order chi connectivity index (χ1) is 16.8. The van der Waals surface area contributed by atoms with Crippen LogP contribution in [-0.2, 0) is 15.9 Å². The maximum absolute atomic E-state index is 10.9. The molecule has 0 saturated heterocycles. The number of rotatable bonds is 14. The van der Waals surface area contributed by atoms with E-state index in [2.05, 4.69) is 32.9 Å². The van der Waals surface area contributed by atoms with Gasteiger partial charge in [-0.1, -0.05) is 35.5 Å². The number of nitrogens with zero attached hydrogens (tertiary/aromatic N) is 1. The van der Waals surface area contributed by atoms with Crippen molar-refractivity contribution >= 4 is 17.8 Å². The Morgan fingerprint density at radius 3 is 1.97 bits per heavy atom. The second-order valence-electron chi connectivity index (χ2n) is 8.35. The van der Waals surface area contributed by atoms with Crippen molar-refractivity contribution in [3.05, 3.63) is 86.5 Å². The Morgan fingerprint density at radius 2 is 1.46 bits per heavy atom. The topological polar surface area (TPSA) is 80.1 Å². The molecule has 0 aliphatic carbocycles. The van der Waals surface area contributed by atoms with Crippen LogP contribution in [0.1, 0.15) is 50.3 Å². The van der Waals surface area contributed by atoms with E-state index in [1.165, 1.54) is 23.3 Å². The molecule has 0 heterocycles. The van der Waals surface area contributed by atoms with Crippen molar-refractivity contribution in [2.45, 2.75) is 40.0 Å². The minimum absolute atomic E-state index is 0.0567. The van der Waals surface area contributed by atoms with Gasteiger partial charge in [-0.3, -0.25) is 10.1 Å². The number of benzene rings is 2. The van der Waals surface area contributed by atoms with Gasteiger partial charge in [0.2, 0.25) is 0 Å². The highest BCUT2D eigenvalue weighted by atomic mass is 16.7. The molecule has 35 heavy (non-hydrogen) atoms. The third-order valence-corrected chi connectivity index (χ3v) is 5.17. The van der Waals surface area contributed by atoms with Crippen LogP contribution in [0.2, 0.25) is 0 Å². The second kappa shape index (κ2) is 14.8. The lowest BCUT2D eigenvalue weighted by Crippen LogP contribution is -2.06. The summed E-state index contributed by atoms with van der Waals surface area (Å²) in [6.07, 6.45) is 10.9. The van der Waals surface area contributed by atoms with E-state index in [1.54, 1.807) is 26.4 Å². The van der Waals surface area contributed by atoms with Crippen LogP contribution >= 0.6 is 0 Å². The third kappa shape index (κ3) is 9.76. The van der Waals surface area contributed by atoms with E-state index in [1.807, 2.05) is 24.3 Å². The van der Waals surface area contributed by atoms with Crippen LogP contribution in [0.15, 0.2) is 59.7 Å². The molecule has 0 bridgehead atoms. The summed E-state index contributed by atoms with van der Waals surface area (Å²) in [7, 11) is 3.15. The van der Waals surface area contributed by atoms with E-state index in [-0.39, 0.29) is 19.3 Å². The highest BCUT2D eigenvalue weighted by Crippen LogP contribution is 2.33. The van der Waals surface area contributed by atoms with Gasteiger partial charge in [-0.15, -0.1) is 0 Å². The number of nitro groups is 1. The predicted molar refractivity (Wildman–Crippen MR) is 140 cm³/mol. The Labute approximate surface area is 207 Å². The van der Waals surface area contributed by atoms with Crippen LogP contribution in [0.5, 0.6) is 11.5 Å². The molecular formula is C28H35NO6. The van der Waals surface area contributed by atoms with Crippen molar-refractivity contribution in [3.8, 4) is 11.5 Å². The summed E-state index contributed by atoms with van der Waals surface area (Å²) >= 11 is 0. The summed E-state index contributed by atoms with van der Waals surface area (Å²) in [6.45, 7) is 6.56. The fraction of sp³-hybridized carbons (Fsp3) is 0.357. The molecule has 0 fully saturated rings. The maximum atomic E-state index is 10.9. The summed E-state index contributed by atoms with van der Waals surface area (Å²) in [5.74, 6) is 1.33. The van der Waals surface area contributed by atoms with Gasteiger partial charge >= 0.3 is 0 Å². The molecule has 2 aromatic rings. The van der Waals surface area contributed by atoms with E-state index < -0.39 is 4.92 Å². The summed E-state index contributed by atoms with van der Waals surface area (Å²) in [5.41, 5.74) is 5.27. The normalized spacial score (nSPS) is 11.5. The van der Waals surface area contributed by atoms with Gasteiger partial charge in [0, 0.05) is 31.9 Å². The fourth-order valence-electron chi connectivity index (χ4n) is 3.31. The summed E-state index contributed by atoms with van der Waals surface area (Å²) in [6, 6.07) is 10.2. The number of methoxy groups -OCH3 is 2. The van der Waals surface area contributed by atoms with Gasteiger partial charge in [-0.25, -0.2) is 0 Å². The molecule has 0 radical (unpaired) electrons. The average Bonchev–Trinajstić information content (AvgIpc) is 2.84. The lowest BCUT2D eigenvalue weighted by Gasteiger charge is -2.16. The van der Waals surface area contributed by atoms with E-state index in [9.17, 15) is 10.1 Å². The smallest absolute Gasteiger partial charge is 0.269 e. The van der Waals surface area contributed by atoms with Gasteiger partial charge < -0.3 is 18.9 Å². The molecule has 7 heteroatoms. The first kappa shape index (κ1) is 27.8. The zero-order valence-corrected chi connectivity index (χ0v) is 21.2. The molecule has 0 spiro atoms. The van der Waals surface area contributed by atoms with Crippen molar-refractivity contribution in [1.82, 2.24) is 0 Å². The SMILES string of the molecule is COCOc1cc(/C=C/c2ccc([N+](=O)[O-])cc2)cc(OCOC)c1C/C=C(\C)CCC=C(C)C. The summed E-state index contributed by atoms with van der Waals surface area (Å²) in [5, 5.41) is 10.9. The number of ether oxygens (including phenoxy) is 4. The van der Waals surface area contributed by atoms with Gasteiger partial charge in [-0.05, 0) is 75.4 Å². The monoisotopic (exact) mass is 481 g/mol. The van der Waals surface area contributed by atoms with Crippen LogP contribution < -0.4 is 9.47 Å². The van der Waals surface area contributed by atoms with E-state index in [4.69, 9.17) is 18.9 Å². The fourth-order valence-corrected chi connectivity index (χ4v) is 3.31. The molecule has 7 nitrogen and oxygen atoms in total. The van der Waals surface area contributed by atoms with Gasteiger partial charge in [0.1, 0.15) is 11.5 Å². The minimum Gasteiger partial charge on any atom is -0.467 e. The van der Waals surface area contributed by atoms with E-state index in [0.717, 1.165) is 29.5 Å². The highest BCUT2D eigenvalue weighted by molar-refractivity contribution is 5.72. The lowest BCUT2D eigenvalue weighted by atomic mass is 10.0. The minimum atomic E-state index is -0.414. The van der Waals surface area contributed by atoms with Crippen molar-refractivity contribution in [1.29, 1.82) is 0 Å². The molecule has 2 aromatic carbocycles.